The van der Waals surface area contributed by atoms with Crippen LogP contribution in [0.2, 0.25) is 0 Å². The zero-order chi connectivity index (χ0) is 24.6. The number of aromatic nitrogens is 2. The largest absolute Gasteiger partial charge is 0.444 e. The van der Waals surface area contributed by atoms with Gasteiger partial charge in [-0.1, -0.05) is 19.1 Å². The van der Waals surface area contributed by atoms with Crippen molar-refractivity contribution >= 4 is 12.0 Å². The van der Waals surface area contributed by atoms with E-state index < -0.39 is 23.4 Å². The number of benzene rings is 1. The molecule has 1 aromatic heterocycles. The van der Waals surface area contributed by atoms with Crippen molar-refractivity contribution in [1.29, 1.82) is 0 Å². The number of halogens is 3. The van der Waals surface area contributed by atoms with E-state index in [4.69, 9.17) is 4.74 Å². The smallest absolute Gasteiger partial charge is 0.416 e. The molecule has 3 rings (SSSR count). The normalized spacial score (nSPS) is 15.1. The quantitative estimate of drug-likeness (QED) is 0.710. The van der Waals surface area contributed by atoms with Crippen LogP contribution in [0.3, 0.4) is 0 Å². The fourth-order valence-corrected chi connectivity index (χ4v) is 3.66. The molecule has 180 valence electrons. The third-order valence-electron chi connectivity index (χ3n) is 5.44. The van der Waals surface area contributed by atoms with Crippen LogP contribution in [0.1, 0.15) is 62.5 Å². The summed E-state index contributed by atoms with van der Waals surface area (Å²) >= 11 is 0. The molecule has 0 aliphatic carbocycles. The number of anilines is 1. The van der Waals surface area contributed by atoms with Crippen LogP contribution in [0, 0.1) is 0 Å². The van der Waals surface area contributed by atoms with Gasteiger partial charge in [0.2, 0.25) is 5.95 Å². The highest BCUT2D eigenvalue weighted by Crippen LogP contribution is 2.31. The van der Waals surface area contributed by atoms with Crippen LogP contribution in [-0.4, -0.2) is 32.7 Å². The molecule has 0 radical (unpaired) electrons. The number of rotatable bonds is 4. The fraction of sp³-hybridized carbons (Fsp3) is 0.522. The standard InChI is InChI=1S/C23H29F3N4O3/c1-6-17(14-7-9-15(10-8-14)23(24,25)26)27-20-28-18-11-12-30(21(32)33-22(2,3)4)13-16(18)19(31)29(20)5/h7-10,17H,6,11-13H2,1-5H3,(H,27,28). The fourth-order valence-electron chi connectivity index (χ4n) is 3.66. The average Bonchev–Trinajstić information content (AvgIpc) is 2.73. The Hall–Kier alpha value is -3.04. The van der Waals surface area contributed by atoms with Gasteiger partial charge >= 0.3 is 12.3 Å². The van der Waals surface area contributed by atoms with Crippen LogP contribution in [0.4, 0.5) is 23.9 Å². The van der Waals surface area contributed by atoms with Crippen molar-refractivity contribution in [2.24, 2.45) is 7.05 Å². The third-order valence-corrected chi connectivity index (χ3v) is 5.44. The number of nitrogens with zero attached hydrogens (tertiary/aromatic N) is 3. The highest BCUT2D eigenvalue weighted by molar-refractivity contribution is 5.68. The summed E-state index contributed by atoms with van der Waals surface area (Å²) in [7, 11) is 1.57. The molecule has 1 N–H and O–H groups in total. The van der Waals surface area contributed by atoms with Gasteiger partial charge in [-0.05, 0) is 44.9 Å². The number of fused-ring (bicyclic) bond motifs is 1. The number of hydrogen-bond donors (Lipinski definition) is 1. The van der Waals surface area contributed by atoms with Crippen LogP contribution < -0.4 is 10.9 Å². The zero-order valence-corrected chi connectivity index (χ0v) is 19.4. The Kier molecular flexibility index (Phi) is 6.76. The highest BCUT2D eigenvalue weighted by atomic mass is 19.4. The first-order chi connectivity index (χ1) is 15.3. The maximum absolute atomic E-state index is 13.0. The first-order valence-corrected chi connectivity index (χ1v) is 10.8. The van der Waals surface area contributed by atoms with Crippen molar-refractivity contribution in [2.45, 2.75) is 64.9 Å². The SMILES string of the molecule is CCC(Nc1nc2c(c(=O)n1C)CN(C(=O)OC(C)(C)C)CC2)c1ccc(C(F)(F)F)cc1. The average molecular weight is 467 g/mol. The van der Waals surface area contributed by atoms with Gasteiger partial charge in [0.1, 0.15) is 5.60 Å². The summed E-state index contributed by atoms with van der Waals surface area (Å²) < 4.78 is 45.4. The molecule has 0 fully saturated rings. The van der Waals surface area contributed by atoms with E-state index in [2.05, 4.69) is 10.3 Å². The van der Waals surface area contributed by atoms with Gasteiger partial charge in [-0.2, -0.15) is 13.2 Å². The van der Waals surface area contributed by atoms with Crippen molar-refractivity contribution < 1.29 is 22.7 Å². The van der Waals surface area contributed by atoms with Crippen molar-refractivity contribution in [3.05, 3.63) is 57.0 Å². The van der Waals surface area contributed by atoms with Gasteiger partial charge in [0, 0.05) is 20.0 Å². The number of ether oxygens (including phenoxy) is 1. The molecule has 1 aromatic carbocycles. The number of carbonyl (C=O) groups is 1. The summed E-state index contributed by atoms with van der Waals surface area (Å²) in [5.41, 5.74) is 0.0638. The van der Waals surface area contributed by atoms with Crippen LogP contribution >= 0.6 is 0 Å². The topological polar surface area (TPSA) is 76.5 Å². The lowest BCUT2D eigenvalue weighted by Crippen LogP contribution is -2.43. The maximum Gasteiger partial charge on any atom is 0.416 e. The molecule has 10 heteroatoms. The van der Waals surface area contributed by atoms with Crippen LogP contribution in [0.15, 0.2) is 29.1 Å². The molecule has 0 bridgehead atoms. The summed E-state index contributed by atoms with van der Waals surface area (Å²) in [6.45, 7) is 7.72. The van der Waals surface area contributed by atoms with Gasteiger partial charge in [0.05, 0.1) is 29.4 Å². The molecule has 1 atom stereocenters. The molecule has 7 nitrogen and oxygen atoms in total. The second-order valence-electron chi connectivity index (χ2n) is 9.10. The second kappa shape index (κ2) is 9.07. The van der Waals surface area contributed by atoms with E-state index >= 15 is 0 Å². The van der Waals surface area contributed by atoms with Crippen molar-refractivity contribution in [3.63, 3.8) is 0 Å². The lowest BCUT2D eigenvalue weighted by molar-refractivity contribution is -0.137. The predicted octanol–water partition coefficient (Wildman–Crippen LogP) is 4.66. The van der Waals surface area contributed by atoms with E-state index in [0.29, 0.717) is 42.2 Å². The monoisotopic (exact) mass is 466 g/mol. The van der Waals surface area contributed by atoms with Crippen molar-refractivity contribution in [2.75, 3.05) is 11.9 Å². The van der Waals surface area contributed by atoms with E-state index in [1.165, 1.54) is 21.6 Å². The van der Waals surface area contributed by atoms with Gasteiger partial charge < -0.3 is 15.0 Å². The zero-order valence-electron chi connectivity index (χ0n) is 19.4. The van der Waals surface area contributed by atoms with Crippen molar-refractivity contribution in [3.8, 4) is 0 Å². The summed E-state index contributed by atoms with van der Waals surface area (Å²) in [5.74, 6) is 0.330. The minimum Gasteiger partial charge on any atom is -0.444 e. The van der Waals surface area contributed by atoms with Crippen LogP contribution in [-0.2, 0) is 30.9 Å². The molecular weight excluding hydrogens is 437 g/mol. The number of carbonyl (C=O) groups excluding carboxylic acids is 1. The van der Waals surface area contributed by atoms with Crippen LogP contribution in [0.5, 0.6) is 0 Å². The molecule has 0 saturated heterocycles. The second-order valence-corrected chi connectivity index (χ2v) is 9.10. The molecule has 2 heterocycles. The highest BCUT2D eigenvalue weighted by Gasteiger charge is 2.31. The van der Waals surface area contributed by atoms with E-state index in [0.717, 1.165) is 12.1 Å². The summed E-state index contributed by atoms with van der Waals surface area (Å²) in [5, 5.41) is 3.19. The third kappa shape index (κ3) is 5.66. The first kappa shape index (κ1) is 24.6. The Labute approximate surface area is 190 Å². The first-order valence-electron chi connectivity index (χ1n) is 10.8. The molecule has 2 aromatic rings. The van der Waals surface area contributed by atoms with E-state index in [1.807, 2.05) is 6.92 Å². The van der Waals surface area contributed by atoms with E-state index in [9.17, 15) is 22.8 Å². The molecule has 1 aliphatic heterocycles. The Balaban J connectivity index is 1.83. The Morgan fingerprint density at radius 2 is 1.85 bits per heavy atom. The molecule has 0 saturated carbocycles. The molecule has 1 aliphatic rings. The summed E-state index contributed by atoms with van der Waals surface area (Å²) in [6.07, 6.45) is -3.91. The maximum atomic E-state index is 13.0. The van der Waals surface area contributed by atoms with Crippen LogP contribution in [0.25, 0.3) is 0 Å². The summed E-state index contributed by atoms with van der Waals surface area (Å²) in [6, 6.07) is 4.62. The minimum atomic E-state index is -4.40. The number of alkyl halides is 3. The van der Waals surface area contributed by atoms with Gasteiger partial charge in [0.25, 0.3) is 5.56 Å². The Morgan fingerprint density at radius 3 is 2.39 bits per heavy atom. The Morgan fingerprint density at radius 1 is 1.21 bits per heavy atom. The Bertz CT molecular complexity index is 1070. The molecule has 1 amide bonds. The van der Waals surface area contributed by atoms with Gasteiger partial charge in [0.15, 0.2) is 0 Å². The lowest BCUT2D eigenvalue weighted by atomic mass is 10.0. The molecule has 0 spiro atoms. The van der Waals surface area contributed by atoms with Crippen molar-refractivity contribution in [1.82, 2.24) is 14.5 Å². The molecule has 1 unspecified atom stereocenters. The number of hydrogen-bond acceptors (Lipinski definition) is 5. The molecule has 33 heavy (non-hydrogen) atoms. The predicted molar refractivity (Wildman–Crippen MR) is 118 cm³/mol. The number of amides is 1. The number of nitrogens with one attached hydrogen (secondary N) is 1. The lowest BCUT2D eigenvalue weighted by Gasteiger charge is -2.31. The van der Waals surface area contributed by atoms with Gasteiger partial charge in [-0.3, -0.25) is 9.36 Å². The summed E-state index contributed by atoms with van der Waals surface area (Å²) in [4.78, 5) is 31.5. The minimum absolute atomic E-state index is 0.111. The molecular formula is C23H29F3N4O3. The van der Waals surface area contributed by atoms with Gasteiger partial charge in [-0.15, -0.1) is 0 Å². The van der Waals surface area contributed by atoms with Gasteiger partial charge in [-0.25, -0.2) is 9.78 Å². The van der Waals surface area contributed by atoms with E-state index in [-0.39, 0.29) is 18.1 Å². The van der Waals surface area contributed by atoms with E-state index in [1.54, 1.807) is 27.8 Å².